The van der Waals surface area contributed by atoms with Crippen molar-refractivity contribution in [2.24, 2.45) is 5.92 Å². The fourth-order valence-corrected chi connectivity index (χ4v) is 4.70. The van der Waals surface area contributed by atoms with Crippen molar-refractivity contribution >= 4 is 5.91 Å². The first-order valence-electron chi connectivity index (χ1n) is 12.1. The number of amides is 1. The summed E-state index contributed by atoms with van der Waals surface area (Å²) >= 11 is 0. The molecule has 4 rings (SSSR count). The molecule has 1 unspecified atom stereocenters. The highest BCUT2D eigenvalue weighted by atomic mass is 16.6. The second-order valence-electron chi connectivity index (χ2n) is 8.98. The van der Waals surface area contributed by atoms with Crippen molar-refractivity contribution < 1.29 is 19.0 Å². The molecule has 0 N–H and O–H groups in total. The number of nitrogens with zero attached hydrogens (tertiary/aromatic N) is 2. The summed E-state index contributed by atoms with van der Waals surface area (Å²) in [4.78, 5) is 17.3. The van der Waals surface area contributed by atoms with E-state index in [1.54, 1.807) is 0 Å². The van der Waals surface area contributed by atoms with Gasteiger partial charge in [0.2, 0.25) is 5.91 Å². The van der Waals surface area contributed by atoms with Gasteiger partial charge < -0.3 is 19.1 Å². The first kappa shape index (κ1) is 23.6. The summed E-state index contributed by atoms with van der Waals surface area (Å²) in [6.07, 6.45) is 8.59. The normalized spacial score (nSPS) is 26.2. The maximum Gasteiger partial charge on any atom is 0.225 e. The van der Waals surface area contributed by atoms with Crippen LogP contribution in [0.25, 0.3) is 0 Å². The molecule has 3 fully saturated rings. The van der Waals surface area contributed by atoms with Gasteiger partial charge in [0.25, 0.3) is 0 Å². The van der Waals surface area contributed by atoms with Crippen LogP contribution >= 0.6 is 0 Å². The summed E-state index contributed by atoms with van der Waals surface area (Å²) in [6.45, 7) is 12.1. The second-order valence-corrected chi connectivity index (χ2v) is 8.98. The Kier molecular flexibility index (Phi) is 8.24. The van der Waals surface area contributed by atoms with Crippen molar-refractivity contribution in [2.75, 3.05) is 46.0 Å². The van der Waals surface area contributed by atoms with Gasteiger partial charge in [-0.1, -0.05) is 43.0 Å². The maximum atomic E-state index is 12.9. The zero-order valence-corrected chi connectivity index (χ0v) is 19.7. The Bertz CT molecular complexity index is 871. The van der Waals surface area contributed by atoms with E-state index in [0.717, 1.165) is 57.5 Å². The van der Waals surface area contributed by atoms with Crippen LogP contribution in [-0.4, -0.2) is 61.7 Å². The van der Waals surface area contributed by atoms with Gasteiger partial charge in [-0.25, -0.2) is 0 Å². The number of allylic oxidation sites excluding steroid dienone is 3. The quantitative estimate of drug-likeness (QED) is 0.670. The van der Waals surface area contributed by atoms with Crippen molar-refractivity contribution in [3.63, 3.8) is 0 Å². The second kappa shape index (κ2) is 11.5. The van der Waals surface area contributed by atoms with E-state index in [2.05, 4.69) is 35.7 Å². The molecule has 6 heteroatoms. The lowest BCUT2D eigenvalue weighted by atomic mass is 9.99. The average Bonchev–Trinajstić information content (AvgIpc) is 3.09. The fourth-order valence-electron chi connectivity index (χ4n) is 4.70. The molecule has 1 aromatic rings. The summed E-state index contributed by atoms with van der Waals surface area (Å²) in [5.74, 6) is 1.73. The molecule has 0 aromatic heterocycles. The van der Waals surface area contributed by atoms with Crippen LogP contribution in [0, 0.1) is 5.92 Å². The minimum Gasteiger partial charge on any atom is -0.485 e. The van der Waals surface area contributed by atoms with Crippen LogP contribution in [0.2, 0.25) is 0 Å². The largest absolute Gasteiger partial charge is 0.485 e. The smallest absolute Gasteiger partial charge is 0.225 e. The predicted octanol–water partition coefficient (Wildman–Crippen LogP) is 4.21. The Morgan fingerprint density at radius 1 is 1.12 bits per heavy atom. The molecule has 6 nitrogen and oxygen atoms in total. The van der Waals surface area contributed by atoms with Crippen LogP contribution in [0.4, 0.5) is 0 Å². The molecule has 2 atom stereocenters. The Morgan fingerprint density at radius 2 is 1.91 bits per heavy atom. The van der Waals surface area contributed by atoms with Crippen molar-refractivity contribution in [3.05, 3.63) is 71.7 Å². The zero-order valence-electron chi connectivity index (χ0n) is 19.7. The molecular formula is C27H36N2O4. The number of hydrogen-bond acceptors (Lipinski definition) is 5. The SMILES string of the molecule is C=C1O[C@@H](c2ccc(CN3CCCC(C(=O)N4CCOCC4)CC3)cc2)CO/C1=C/C=C\C. The number of carbonyl (C=O) groups excluding carboxylic acids is 1. The molecule has 33 heavy (non-hydrogen) atoms. The number of carbonyl (C=O) groups is 1. The van der Waals surface area contributed by atoms with E-state index >= 15 is 0 Å². The minimum atomic E-state index is -0.139. The number of morpholine rings is 1. The van der Waals surface area contributed by atoms with Crippen LogP contribution < -0.4 is 0 Å². The number of likely N-dealkylation sites (tertiary alicyclic amines) is 1. The van der Waals surface area contributed by atoms with Crippen molar-refractivity contribution in [1.82, 2.24) is 9.80 Å². The molecular weight excluding hydrogens is 416 g/mol. The molecule has 3 aliphatic rings. The van der Waals surface area contributed by atoms with Crippen LogP contribution in [0.1, 0.15) is 43.4 Å². The number of hydrogen-bond donors (Lipinski definition) is 0. The van der Waals surface area contributed by atoms with Gasteiger partial charge in [-0.2, -0.15) is 0 Å². The van der Waals surface area contributed by atoms with E-state index in [-0.39, 0.29) is 12.0 Å². The fraction of sp³-hybridized carbons (Fsp3) is 0.519. The van der Waals surface area contributed by atoms with Gasteiger partial charge in [-0.15, -0.1) is 0 Å². The Balaban J connectivity index is 1.28. The summed E-state index contributed by atoms with van der Waals surface area (Å²) in [7, 11) is 0. The van der Waals surface area contributed by atoms with E-state index in [4.69, 9.17) is 14.2 Å². The third kappa shape index (κ3) is 6.27. The predicted molar refractivity (Wildman–Crippen MR) is 128 cm³/mol. The number of benzene rings is 1. The van der Waals surface area contributed by atoms with Gasteiger partial charge in [0, 0.05) is 25.6 Å². The topological polar surface area (TPSA) is 51.2 Å². The van der Waals surface area contributed by atoms with E-state index in [0.29, 0.717) is 37.2 Å². The molecule has 0 aliphatic carbocycles. The van der Waals surface area contributed by atoms with Crippen LogP contribution in [0.3, 0.4) is 0 Å². The van der Waals surface area contributed by atoms with Gasteiger partial charge in [0.1, 0.15) is 6.61 Å². The zero-order chi connectivity index (χ0) is 23.0. The maximum absolute atomic E-state index is 12.9. The highest BCUT2D eigenvalue weighted by molar-refractivity contribution is 5.79. The first-order chi connectivity index (χ1) is 16.1. The van der Waals surface area contributed by atoms with Crippen molar-refractivity contribution in [1.29, 1.82) is 0 Å². The molecule has 0 bridgehead atoms. The molecule has 3 aliphatic heterocycles. The monoisotopic (exact) mass is 452 g/mol. The van der Waals surface area contributed by atoms with E-state index in [9.17, 15) is 4.79 Å². The minimum absolute atomic E-state index is 0.139. The van der Waals surface area contributed by atoms with Crippen LogP contribution in [0.15, 0.2) is 60.6 Å². The first-order valence-corrected chi connectivity index (χ1v) is 12.1. The summed E-state index contributed by atoms with van der Waals surface area (Å²) < 4.78 is 17.2. The molecule has 1 amide bonds. The number of ether oxygens (including phenoxy) is 3. The standard InChI is InChI=1S/C27H36N2O4/c1-3-4-7-25-21(2)33-26(20-32-25)23-10-8-22(9-11-23)19-28-13-5-6-24(12-14-28)27(30)29-15-17-31-18-16-29/h3-4,7-11,24,26H,2,5-6,12-20H2,1H3/b4-3-,25-7+/t24?,26-/m1/s1. The van der Waals surface area contributed by atoms with Crippen molar-refractivity contribution in [3.8, 4) is 0 Å². The Morgan fingerprint density at radius 3 is 2.64 bits per heavy atom. The third-order valence-electron chi connectivity index (χ3n) is 6.64. The van der Waals surface area contributed by atoms with Gasteiger partial charge >= 0.3 is 0 Å². The Labute approximate surface area is 197 Å². The molecule has 178 valence electrons. The summed E-state index contributed by atoms with van der Waals surface area (Å²) in [5.41, 5.74) is 2.37. The van der Waals surface area contributed by atoms with Gasteiger partial charge in [-0.3, -0.25) is 9.69 Å². The molecule has 0 radical (unpaired) electrons. The lowest BCUT2D eigenvalue weighted by molar-refractivity contribution is -0.140. The molecule has 3 heterocycles. The summed E-state index contributed by atoms with van der Waals surface area (Å²) in [5, 5.41) is 0. The number of rotatable bonds is 5. The lowest BCUT2D eigenvalue weighted by Gasteiger charge is -2.30. The van der Waals surface area contributed by atoms with Gasteiger partial charge in [0.05, 0.1) is 13.2 Å². The van der Waals surface area contributed by atoms with Gasteiger partial charge in [-0.05, 0) is 56.5 Å². The van der Waals surface area contributed by atoms with Crippen molar-refractivity contribution in [2.45, 2.75) is 38.8 Å². The highest BCUT2D eigenvalue weighted by Gasteiger charge is 2.28. The highest BCUT2D eigenvalue weighted by Crippen LogP contribution is 2.30. The molecule has 0 spiro atoms. The van der Waals surface area contributed by atoms with Crippen LogP contribution in [-0.2, 0) is 25.5 Å². The van der Waals surface area contributed by atoms with Crippen LogP contribution in [0.5, 0.6) is 0 Å². The Hall–Kier alpha value is -2.57. The summed E-state index contributed by atoms with van der Waals surface area (Å²) in [6, 6.07) is 8.60. The average molecular weight is 453 g/mol. The molecule has 0 saturated carbocycles. The lowest BCUT2D eigenvalue weighted by Crippen LogP contribution is -2.43. The third-order valence-corrected chi connectivity index (χ3v) is 6.64. The van der Waals surface area contributed by atoms with E-state index in [1.807, 2.05) is 30.1 Å². The van der Waals surface area contributed by atoms with E-state index < -0.39 is 0 Å². The molecule has 1 aromatic carbocycles. The molecule has 3 saturated heterocycles. The van der Waals surface area contributed by atoms with Gasteiger partial charge in [0.15, 0.2) is 17.6 Å². The van der Waals surface area contributed by atoms with E-state index in [1.165, 1.54) is 5.56 Å².